The molecule has 0 saturated carbocycles. The molecule has 0 aliphatic heterocycles. The van der Waals surface area contributed by atoms with E-state index in [1.807, 2.05) is 24.3 Å². The first-order valence-corrected chi connectivity index (χ1v) is 23.0. The Bertz CT molecular complexity index is 3380. The summed E-state index contributed by atoms with van der Waals surface area (Å²) in [4.78, 5) is 4.60. The molecule has 0 atom stereocenters. The molecule has 0 unspecified atom stereocenters. The van der Waals surface area contributed by atoms with E-state index >= 15 is 0 Å². The first-order valence-electron chi connectivity index (χ1n) is 23.0. The van der Waals surface area contributed by atoms with Gasteiger partial charge in [0.25, 0.3) is 0 Å². The van der Waals surface area contributed by atoms with Crippen molar-refractivity contribution in [3.63, 3.8) is 0 Å². The zero-order valence-electron chi connectivity index (χ0n) is 37.7. The highest BCUT2D eigenvalue weighted by molar-refractivity contribution is 6.02. The summed E-state index contributed by atoms with van der Waals surface area (Å²) < 4.78 is 5.48. The van der Waals surface area contributed by atoms with Crippen molar-refractivity contribution in [2.45, 2.75) is 6.61 Å². The van der Waals surface area contributed by atoms with Crippen LogP contribution in [0.5, 0.6) is 5.75 Å². The molecule has 0 saturated heterocycles. The number of methoxy groups -OCH3 is 1. The van der Waals surface area contributed by atoms with E-state index in [1.165, 1.54) is 43.1 Å². The van der Waals surface area contributed by atoms with Gasteiger partial charge in [-0.3, -0.25) is 0 Å². The highest BCUT2D eigenvalue weighted by Crippen LogP contribution is 2.41. The van der Waals surface area contributed by atoms with Crippen LogP contribution in [-0.2, 0) is 6.61 Å². The average Bonchev–Trinajstić information content (AvgIpc) is 3.40. The van der Waals surface area contributed by atoms with E-state index in [2.05, 4.69) is 240 Å². The lowest BCUT2D eigenvalue weighted by molar-refractivity contribution is 0.282. The number of benzene rings is 11. The van der Waals surface area contributed by atoms with Gasteiger partial charge in [-0.25, -0.2) is 0 Å². The summed E-state index contributed by atoms with van der Waals surface area (Å²) in [6, 6.07) is 81.7. The van der Waals surface area contributed by atoms with Gasteiger partial charge in [-0.1, -0.05) is 158 Å². The normalized spacial score (nSPS) is 11.6. The number of hydrogen-bond acceptors (Lipinski definition) is 4. The Kier molecular flexibility index (Phi) is 11.5. The Morgan fingerprint density at radius 1 is 0.353 bits per heavy atom. The molecule has 0 amide bonds. The third kappa shape index (κ3) is 8.60. The summed E-state index contributed by atoms with van der Waals surface area (Å²) in [6.45, 7) is 0.0158. The molecule has 0 fully saturated rings. The monoisotopic (exact) mass is 876 g/mol. The molecule has 11 rings (SSSR count). The van der Waals surface area contributed by atoms with Crippen LogP contribution in [0.25, 0.3) is 67.4 Å². The van der Waals surface area contributed by atoms with Crippen molar-refractivity contribution in [3.8, 4) is 5.75 Å². The zero-order valence-corrected chi connectivity index (χ0v) is 37.7. The van der Waals surface area contributed by atoms with Crippen LogP contribution in [0, 0.1) is 0 Å². The summed E-state index contributed by atoms with van der Waals surface area (Å²) in [5.41, 5.74) is 11.9. The van der Waals surface area contributed by atoms with Gasteiger partial charge in [0.2, 0.25) is 0 Å². The van der Waals surface area contributed by atoms with Crippen molar-refractivity contribution in [2.24, 2.45) is 0 Å². The van der Waals surface area contributed by atoms with Crippen LogP contribution in [0.1, 0.15) is 27.8 Å². The number of hydrogen-bond donors (Lipinski definition) is 1. The second-order valence-electron chi connectivity index (χ2n) is 17.1. The van der Waals surface area contributed by atoms with Gasteiger partial charge in [-0.15, -0.1) is 0 Å². The third-order valence-electron chi connectivity index (χ3n) is 12.8. The number of aliphatic hydroxyl groups excluding tert-OH is 1. The average molecular weight is 877 g/mol. The Balaban J connectivity index is 0.811. The van der Waals surface area contributed by atoms with Gasteiger partial charge in [0, 0.05) is 33.5 Å². The van der Waals surface area contributed by atoms with E-state index in [1.54, 1.807) is 7.11 Å². The standard InChI is InChI=1S/C64H48N2O2/c1-68-60-38-36-59(37-39-60)66(64-15-7-11-51-9-3-5-13-62(51)64)57-32-24-46(25-33-57)17-19-48-21-29-53-42-54-40-47(20-28-52(54)43-55(53)41-48)18-16-45-22-30-56(31-23-45)65(58-34-26-49(44-67)27-35-58)63-14-6-10-50-8-2-4-12-61(50)63/h2-43,67H,44H2,1H3. The summed E-state index contributed by atoms with van der Waals surface area (Å²) in [5.74, 6) is 0.830. The minimum Gasteiger partial charge on any atom is -0.497 e. The molecular formula is C64H48N2O2. The van der Waals surface area contributed by atoms with E-state index < -0.39 is 0 Å². The van der Waals surface area contributed by atoms with Crippen LogP contribution in [0.2, 0.25) is 0 Å². The van der Waals surface area contributed by atoms with Crippen molar-refractivity contribution in [3.05, 3.63) is 258 Å². The van der Waals surface area contributed by atoms with E-state index in [4.69, 9.17) is 4.74 Å². The van der Waals surface area contributed by atoms with Crippen molar-refractivity contribution >= 4 is 102 Å². The molecule has 0 aliphatic rings. The summed E-state index contributed by atoms with van der Waals surface area (Å²) in [7, 11) is 1.70. The van der Waals surface area contributed by atoms with Gasteiger partial charge in [0.15, 0.2) is 0 Å². The zero-order chi connectivity index (χ0) is 45.8. The number of aliphatic hydroxyl groups is 1. The number of fused-ring (bicyclic) bond motifs is 4. The Labute approximate surface area is 397 Å². The lowest BCUT2D eigenvalue weighted by Gasteiger charge is -2.27. The molecule has 0 radical (unpaired) electrons. The molecule has 0 aromatic heterocycles. The minimum atomic E-state index is 0.0158. The second-order valence-corrected chi connectivity index (χ2v) is 17.1. The molecule has 4 heteroatoms. The fourth-order valence-electron chi connectivity index (χ4n) is 9.24. The lowest BCUT2D eigenvalue weighted by Crippen LogP contribution is -2.10. The fourth-order valence-corrected chi connectivity index (χ4v) is 9.24. The van der Waals surface area contributed by atoms with Crippen LogP contribution < -0.4 is 14.5 Å². The molecule has 326 valence electrons. The van der Waals surface area contributed by atoms with Gasteiger partial charge in [-0.05, 0) is 157 Å². The highest BCUT2D eigenvalue weighted by Gasteiger charge is 2.17. The van der Waals surface area contributed by atoms with E-state index in [9.17, 15) is 5.11 Å². The predicted molar refractivity (Wildman–Crippen MR) is 289 cm³/mol. The topological polar surface area (TPSA) is 35.9 Å². The molecular weight excluding hydrogens is 829 g/mol. The Morgan fingerprint density at radius 3 is 1.18 bits per heavy atom. The fraction of sp³-hybridized carbons (Fsp3) is 0.0312. The molecule has 68 heavy (non-hydrogen) atoms. The SMILES string of the molecule is COc1ccc(N(c2ccc(C=Cc3ccc4cc5cc(C=Cc6ccc(N(c7ccc(CO)cc7)c7cccc8ccccc78)cc6)ccc5cc4c3)cc2)c2cccc3ccccc23)cc1. The maximum Gasteiger partial charge on any atom is 0.119 e. The molecule has 1 N–H and O–H groups in total. The highest BCUT2D eigenvalue weighted by atomic mass is 16.5. The Hall–Kier alpha value is -8.70. The van der Waals surface area contributed by atoms with Crippen LogP contribution in [0.3, 0.4) is 0 Å². The minimum absolute atomic E-state index is 0.0158. The largest absolute Gasteiger partial charge is 0.497 e. The maximum atomic E-state index is 9.71. The van der Waals surface area contributed by atoms with Gasteiger partial charge in [0.05, 0.1) is 25.1 Å². The van der Waals surface area contributed by atoms with Crippen LogP contribution >= 0.6 is 0 Å². The molecule has 0 heterocycles. The second kappa shape index (κ2) is 18.7. The predicted octanol–water partition coefficient (Wildman–Crippen LogP) is 17.1. The van der Waals surface area contributed by atoms with Gasteiger partial charge in [-0.2, -0.15) is 0 Å². The molecule has 4 nitrogen and oxygen atoms in total. The summed E-state index contributed by atoms with van der Waals surface area (Å²) in [6.07, 6.45) is 8.75. The van der Waals surface area contributed by atoms with E-state index in [0.717, 1.165) is 67.7 Å². The number of rotatable bonds is 12. The molecule has 11 aromatic rings. The van der Waals surface area contributed by atoms with Crippen molar-refractivity contribution in [1.82, 2.24) is 0 Å². The molecule has 0 spiro atoms. The summed E-state index contributed by atoms with van der Waals surface area (Å²) in [5, 5.41) is 19.3. The molecule has 11 aromatic carbocycles. The molecule has 0 aliphatic carbocycles. The van der Waals surface area contributed by atoms with E-state index in [0.29, 0.717) is 0 Å². The first kappa shape index (κ1) is 42.0. The van der Waals surface area contributed by atoms with Gasteiger partial charge >= 0.3 is 0 Å². The van der Waals surface area contributed by atoms with Crippen LogP contribution in [0.15, 0.2) is 231 Å². The van der Waals surface area contributed by atoms with Gasteiger partial charge in [0.1, 0.15) is 5.75 Å². The first-order chi connectivity index (χ1) is 33.6. The third-order valence-corrected chi connectivity index (χ3v) is 12.8. The van der Waals surface area contributed by atoms with Crippen LogP contribution in [0.4, 0.5) is 34.1 Å². The maximum absolute atomic E-state index is 9.71. The van der Waals surface area contributed by atoms with Crippen molar-refractivity contribution < 1.29 is 9.84 Å². The van der Waals surface area contributed by atoms with Crippen molar-refractivity contribution in [1.29, 1.82) is 0 Å². The lowest BCUT2D eigenvalue weighted by atomic mass is 9.99. The quantitative estimate of drug-likeness (QED) is 0.0980. The number of nitrogens with zero attached hydrogens (tertiary/aromatic N) is 2. The van der Waals surface area contributed by atoms with Gasteiger partial charge < -0.3 is 19.6 Å². The smallest absolute Gasteiger partial charge is 0.119 e. The Morgan fingerprint density at radius 2 is 0.735 bits per heavy atom. The van der Waals surface area contributed by atoms with E-state index in [-0.39, 0.29) is 6.61 Å². The van der Waals surface area contributed by atoms with Crippen LogP contribution in [-0.4, -0.2) is 12.2 Å². The van der Waals surface area contributed by atoms with Crippen molar-refractivity contribution in [2.75, 3.05) is 16.9 Å². The summed E-state index contributed by atoms with van der Waals surface area (Å²) >= 11 is 0. The molecule has 0 bridgehead atoms. The number of ether oxygens (including phenoxy) is 1. The number of anilines is 6.